The zero-order valence-corrected chi connectivity index (χ0v) is 7.32. The summed E-state index contributed by atoms with van der Waals surface area (Å²) in [7, 11) is 0. The average molecular weight is 173 g/mol. The van der Waals surface area contributed by atoms with E-state index < -0.39 is 0 Å². The van der Waals surface area contributed by atoms with Gasteiger partial charge < -0.3 is 4.52 Å². The monoisotopic (exact) mass is 173 g/mol. The van der Waals surface area contributed by atoms with Crippen LogP contribution in [0.4, 0.5) is 0 Å². The third-order valence-corrected chi connectivity index (χ3v) is 1.75. The van der Waals surface area contributed by atoms with Crippen LogP contribution in [0.15, 0.2) is 28.8 Å². The summed E-state index contributed by atoms with van der Waals surface area (Å²) in [6, 6.07) is 10.4. The lowest BCUT2D eigenvalue weighted by atomic mass is 10.2. The van der Waals surface area contributed by atoms with Crippen molar-refractivity contribution in [2.24, 2.45) is 0 Å². The van der Waals surface area contributed by atoms with E-state index in [-0.39, 0.29) is 0 Å². The Morgan fingerprint density at radius 3 is 2.77 bits per heavy atom. The van der Waals surface area contributed by atoms with Gasteiger partial charge in [-0.15, -0.1) is 0 Å². The standard InChI is InChI=1S/C10H9N2O/c1-2-9-11-10(13-12-9)8-6-4-3-5-7-8/h4-7H,2H2,1H3. The molecule has 1 radical (unpaired) electrons. The first-order valence-electron chi connectivity index (χ1n) is 4.19. The van der Waals surface area contributed by atoms with E-state index in [1.807, 2.05) is 31.2 Å². The molecule has 65 valence electrons. The fourth-order valence-electron chi connectivity index (χ4n) is 1.04. The number of hydrogen-bond donors (Lipinski definition) is 0. The van der Waals surface area contributed by atoms with Crippen LogP contribution >= 0.6 is 0 Å². The van der Waals surface area contributed by atoms with E-state index in [4.69, 9.17) is 4.52 Å². The Bertz CT molecular complexity index is 381. The molecule has 0 unspecified atom stereocenters. The zero-order chi connectivity index (χ0) is 9.10. The molecule has 0 aliphatic rings. The smallest absolute Gasteiger partial charge is 0.257 e. The molecule has 0 atom stereocenters. The van der Waals surface area contributed by atoms with Gasteiger partial charge in [-0.2, -0.15) is 4.98 Å². The summed E-state index contributed by atoms with van der Waals surface area (Å²) in [5, 5.41) is 3.81. The van der Waals surface area contributed by atoms with E-state index in [1.165, 1.54) is 0 Å². The van der Waals surface area contributed by atoms with Crippen LogP contribution in [-0.4, -0.2) is 10.1 Å². The van der Waals surface area contributed by atoms with Crippen LogP contribution in [0.3, 0.4) is 0 Å². The van der Waals surface area contributed by atoms with Crippen molar-refractivity contribution in [1.82, 2.24) is 10.1 Å². The molecule has 3 nitrogen and oxygen atoms in total. The first kappa shape index (κ1) is 7.98. The maximum Gasteiger partial charge on any atom is 0.257 e. The van der Waals surface area contributed by atoms with Crippen LogP contribution in [-0.2, 0) is 6.42 Å². The summed E-state index contributed by atoms with van der Waals surface area (Å²) in [4.78, 5) is 4.21. The van der Waals surface area contributed by atoms with Gasteiger partial charge in [0.2, 0.25) is 0 Å². The SMILES string of the molecule is CCc1noc(-c2cc[c]cc2)n1. The summed E-state index contributed by atoms with van der Waals surface area (Å²) >= 11 is 0. The number of rotatable bonds is 2. The van der Waals surface area contributed by atoms with Crippen LogP contribution in [0, 0.1) is 6.07 Å². The Kier molecular flexibility index (Phi) is 2.08. The Morgan fingerprint density at radius 2 is 2.15 bits per heavy atom. The second-order valence-corrected chi connectivity index (χ2v) is 2.66. The van der Waals surface area contributed by atoms with Crippen molar-refractivity contribution in [3.05, 3.63) is 36.2 Å². The number of aromatic nitrogens is 2. The lowest BCUT2D eigenvalue weighted by Crippen LogP contribution is -1.81. The fourth-order valence-corrected chi connectivity index (χ4v) is 1.04. The second-order valence-electron chi connectivity index (χ2n) is 2.66. The molecule has 0 spiro atoms. The van der Waals surface area contributed by atoms with Gasteiger partial charge in [-0.3, -0.25) is 0 Å². The van der Waals surface area contributed by atoms with Gasteiger partial charge in [0.05, 0.1) is 0 Å². The summed E-state index contributed by atoms with van der Waals surface area (Å²) in [5.41, 5.74) is 0.936. The molecule has 1 aromatic carbocycles. The van der Waals surface area contributed by atoms with E-state index in [2.05, 4.69) is 16.2 Å². The fraction of sp³-hybridized carbons (Fsp3) is 0.200. The highest BCUT2D eigenvalue weighted by Crippen LogP contribution is 2.15. The highest BCUT2D eigenvalue weighted by Gasteiger charge is 2.05. The molecular formula is C10H9N2O. The van der Waals surface area contributed by atoms with E-state index >= 15 is 0 Å². The van der Waals surface area contributed by atoms with E-state index in [9.17, 15) is 0 Å². The van der Waals surface area contributed by atoms with E-state index in [1.54, 1.807) is 0 Å². The quantitative estimate of drug-likeness (QED) is 0.698. The summed E-state index contributed by atoms with van der Waals surface area (Å²) in [6.45, 7) is 1.99. The first-order chi connectivity index (χ1) is 6.40. The van der Waals surface area contributed by atoms with Gasteiger partial charge in [0.1, 0.15) is 0 Å². The molecule has 0 amide bonds. The van der Waals surface area contributed by atoms with Gasteiger partial charge in [-0.05, 0) is 18.2 Å². The average Bonchev–Trinajstić information content (AvgIpc) is 2.67. The number of aryl methyl sites for hydroxylation is 1. The van der Waals surface area contributed by atoms with Crippen LogP contribution in [0.25, 0.3) is 11.5 Å². The molecule has 2 aromatic rings. The molecular weight excluding hydrogens is 164 g/mol. The number of nitrogens with zero attached hydrogens (tertiary/aromatic N) is 2. The zero-order valence-electron chi connectivity index (χ0n) is 7.32. The second kappa shape index (κ2) is 3.39. The molecule has 1 heterocycles. The number of hydrogen-bond acceptors (Lipinski definition) is 3. The topological polar surface area (TPSA) is 38.9 Å². The normalized spacial score (nSPS) is 10.2. The highest BCUT2D eigenvalue weighted by atomic mass is 16.5. The van der Waals surface area contributed by atoms with Crippen molar-refractivity contribution in [3.63, 3.8) is 0 Å². The highest BCUT2D eigenvalue weighted by molar-refractivity contribution is 5.51. The van der Waals surface area contributed by atoms with Crippen molar-refractivity contribution in [1.29, 1.82) is 0 Å². The van der Waals surface area contributed by atoms with Crippen molar-refractivity contribution in [2.45, 2.75) is 13.3 Å². The molecule has 0 aliphatic heterocycles. The van der Waals surface area contributed by atoms with Crippen molar-refractivity contribution in [3.8, 4) is 11.5 Å². The third-order valence-electron chi connectivity index (χ3n) is 1.75. The van der Waals surface area contributed by atoms with Crippen LogP contribution in [0.2, 0.25) is 0 Å². The predicted molar refractivity (Wildman–Crippen MR) is 47.9 cm³/mol. The minimum Gasteiger partial charge on any atom is -0.334 e. The largest absolute Gasteiger partial charge is 0.334 e. The van der Waals surface area contributed by atoms with Gasteiger partial charge in [-0.1, -0.05) is 24.2 Å². The lowest BCUT2D eigenvalue weighted by molar-refractivity contribution is 0.423. The van der Waals surface area contributed by atoms with Crippen molar-refractivity contribution >= 4 is 0 Å². The Balaban J connectivity index is 2.36. The van der Waals surface area contributed by atoms with E-state index in [0.29, 0.717) is 5.89 Å². The van der Waals surface area contributed by atoms with Crippen LogP contribution in [0.5, 0.6) is 0 Å². The molecule has 2 rings (SSSR count). The van der Waals surface area contributed by atoms with Gasteiger partial charge in [0.25, 0.3) is 5.89 Å². The molecule has 0 bridgehead atoms. The molecule has 3 heteroatoms. The van der Waals surface area contributed by atoms with E-state index in [0.717, 1.165) is 17.8 Å². The Morgan fingerprint density at radius 1 is 1.38 bits per heavy atom. The third kappa shape index (κ3) is 1.59. The molecule has 13 heavy (non-hydrogen) atoms. The van der Waals surface area contributed by atoms with Crippen molar-refractivity contribution < 1.29 is 4.52 Å². The van der Waals surface area contributed by atoms with Crippen LogP contribution < -0.4 is 0 Å². The summed E-state index contributed by atoms with van der Waals surface area (Å²) in [5.74, 6) is 1.31. The molecule has 0 fully saturated rings. The van der Waals surface area contributed by atoms with Gasteiger partial charge >= 0.3 is 0 Å². The van der Waals surface area contributed by atoms with Gasteiger partial charge in [0, 0.05) is 12.0 Å². The Labute approximate surface area is 76.4 Å². The minimum absolute atomic E-state index is 0.575. The van der Waals surface area contributed by atoms with Crippen molar-refractivity contribution in [2.75, 3.05) is 0 Å². The molecule has 0 aliphatic carbocycles. The predicted octanol–water partition coefficient (Wildman–Crippen LogP) is 2.10. The molecule has 0 saturated heterocycles. The lowest BCUT2D eigenvalue weighted by Gasteiger charge is -1.89. The summed E-state index contributed by atoms with van der Waals surface area (Å²) < 4.78 is 5.07. The maximum absolute atomic E-state index is 5.07. The Hall–Kier alpha value is -1.64. The minimum atomic E-state index is 0.575. The summed E-state index contributed by atoms with van der Waals surface area (Å²) in [6.07, 6.45) is 0.794. The maximum atomic E-state index is 5.07. The molecule has 1 aromatic heterocycles. The number of benzene rings is 1. The first-order valence-corrected chi connectivity index (χ1v) is 4.19. The van der Waals surface area contributed by atoms with Crippen LogP contribution in [0.1, 0.15) is 12.7 Å². The molecule has 0 saturated carbocycles. The van der Waals surface area contributed by atoms with Gasteiger partial charge in [0.15, 0.2) is 5.82 Å². The van der Waals surface area contributed by atoms with Gasteiger partial charge in [-0.25, -0.2) is 0 Å². The molecule has 0 N–H and O–H groups in total.